The molecular formula is C78H149N2O19P. The standard InChI is InChI=1S/C78H149N2O19P/c1-7-9-11-13-15-17-19-20-22-30-36-42-48-54-69(86)95-64(53-47-41-35-29-24-26-32-38-44-50-61(5)6)57-68(85)79-71-75(90)73(88)65(58-81)96-77(71)94-59-66-74(89)76(98-70(87)56-63(83)52-46-40-34-27-21-18-16-14-12-10-8-2)72(78(97-66)99-100(91,92)93)80-67(84)55-62(82)51-45-39-33-28-23-25-31-37-43-49-60(3)4/h60-66,71-78,81-83,88-90H,7-59H2,1-6H3,(H,79,85)(H,80,84)(H2,91,92,93). The van der Waals surface area contributed by atoms with Crippen molar-refractivity contribution in [2.24, 2.45) is 11.8 Å². The fraction of sp³-hybridized carbons (Fsp3) is 0.949. The zero-order valence-electron chi connectivity index (χ0n) is 63.7. The van der Waals surface area contributed by atoms with Gasteiger partial charge in [-0.15, -0.1) is 0 Å². The van der Waals surface area contributed by atoms with Gasteiger partial charge in [0, 0.05) is 6.42 Å². The van der Waals surface area contributed by atoms with Gasteiger partial charge in [-0.2, -0.15) is 0 Å². The summed E-state index contributed by atoms with van der Waals surface area (Å²) < 4.78 is 47.6. The third kappa shape index (κ3) is 48.0. The van der Waals surface area contributed by atoms with Crippen molar-refractivity contribution in [2.45, 2.75) is 449 Å². The Morgan fingerprint density at radius 1 is 0.430 bits per heavy atom. The molecule has 0 spiro atoms. The van der Waals surface area contributed by atoms with E-state index in [9.17, 15) is 64.2 Å². The van der Waals surface area contributed by atoms with Crippen LogP contribution in [0.25, 0.3) is 0 Å². The van der Waals surface area contributed by atoms with Crippen LogP contribution < -0.4 is 10.6 Å². The lowest BCUT2D eigenvalue weighted by molar-refractivity contribution is -0.297. The van der Waals surface area contributed by atoms with Crippen LogP contribution >= 0.6 is 7.82 Å². The molecule has 0 aliphatic carbocycles. The number of carbonyl (C=O) groups is 4. The molecule has 0 bridgehead atoms. The quantitative estimate of drug-likeness (QED) is 0.0154. The van der Waals surface area contributed by atoms with Gasteiger partial charge in [0.25, 0.3) is 0 Å². The Hall–Kier alpha value is -2.37. The van der Waals surface area contributed by atoms with Crippen molar-refractivity contribution in [3.05, 3.63) is 0 Å². The van der Waals surface area contributed by atoms with E-state index in [0.29, 0.717) is 43.9 Å². The van der Waals surface area contributed by atoms with E-state index in [1.54, 1.807) is 0 Å². The number of phosphoric acid groups is 1. The lowest BCUT2D eigenvalue weighted by Crippen LogP contribution is -2.67. The Labute approximate surface area is 605 Å². The molecule has 22 heteroatoms. The maximum atomic E-state index is 14.2. The van der Waals surface area contributed by atoms with Crippen LogP contribution in [-0.4, -0.2) is 157 Å². The van der Waals surface area contributed by atoms with Crippen LogP contribution in [0.3, 0.4) is 0 Å². The van der Waals surface area contributed by atoms with Crippen LogP contribution in [0.1, 0.15) is 369 Å². The van der Waals surface area contributed by atoms with Crippen LogP contribution in [-0.2, 0) is 52.0 Å². The lowest BCUT2D eigenvalue weighted by Gasteiger charge is -2.45. The van der Waals surface area contributed by atoms with E-state index in [-0.39, 0.29) is 25.7 Å². The minimum atomic E-state index is -5.52. The highest BCUT2D eigenvalue weighted by Crippen LogP contribution is 2.42. The molecule has 21 nitrogen and oxygen atoms in total. The summed E-state index contributed by atoms with van der Waals surface area (Å²) in [5, 5.41) is 72.5. The van der Waals surface area contributed by atoms with Gasteiger partial charge in [0.2, 0.25) is 11.8 Å². The number of unbranched alkanes of at least 4 members (excludes halogenated alkanes) is 38. The highest BCUT2D eigenvalue weighted by atomic mass is 31.2. The predicted molar refractivity (Wildman–Crippen MR) is 394 cm³/mol. The molecule has 0 radical (unpaired) electrons. The Morgan fingerprint density at radius 3 is 1.22 bits per heavy atom. The first-order chi connectivity index (χ1) is 48.1. The van der Waals surface area contributed by atoms with Crippen molar-refractivity contribution in [3.63, 3.8) is 0 Å². The summed E-state index contributed by atoms with van der Waals surface area (Å²) in [7, 11) is -5.52. The second-order valence-corrected chi connectivity index (χ2v) is 31.7. The highest BCUT2D eigenvalue weighted by molar-refractivity contribution is 7.46. The number of carbonyl (C=O) groups excluding carboxylic acids is 4. The second-order valence-electron chi connectivity index (χ2n) is 30.5. The van der Waals surface area contributed by atoms with Gasteiger partial charge in [0.1, 0.15) is 48.7 Å². The monoisotopic (exact) mass is 1450 g/mol. The van der Waals surface area contributed by atoms with Gasteiger partial charge < -0.3 is 74.7 Å². The fourth-order valence-corrected chi connectivity index (χ4v) is 14.2. The topological polar surface area (TPSA) is 327 Å². The number of hydrogen-bond acceptors (Lipinski definition) is 17. The van der Waals surface area contributed by atoms with Crippen LogP contribution in [0.5, 0.6) is 0 Å². The summed E-state index contributed by atoms with van der Waals surface area (Å²) in [6, 6.07) is -3.38. The van der Waals surface area contributed by atoms with Crippen molar-refractivity contribution in [3.8, 4) is 0 Å². The van der Waals surface area contributed by atoms with Crippen LogP contribution in [0.2, 0.25) is 0 Å². The fourth-order valence-electron chi connectivity index (χ4n) is 13.8. The molecule has 0 aromatic rings. The molecule has 13 atom stereocenters. The first-order valence-electron chi connectivity index (χ1n) is 40.7. The molecule has 0 aromatic heterocycles. The number of ether oxygens (including phenoxy) is 5. The van der Waals surface area contributed by atoms with Crippen LogP contribution in [0, 0.1) is 11.8 Å². The molecule has 0 saturated carbocycles. The number of esters is 2. The number of aliphatic hydroxyl groups is 6. The summed E-state index contributed by atoms with van der Waals surface area (Å²) in [5.74, 6) is -1.55. The second kappa shape index (κ2) is 59.7. The highest BCUT2D eigenvalue weighted by Gasteiger charge is 2.52. The zero-order valence-corrected chi connectivity index (χ0v) is 64.5. The summed E-state index contributed by atoms with van der Waals surface area (Å²) in [6.07, 6.45) is 30.8. The molecule has 2 fully saturated rings. The molecule has 2 heterocycles. The number of amides is 2. The molecule has 2 rings (SSSR count). The van der Waals surface area contributed by atoms with Crippen molar-refractivity contribution in [1.82, 2.24) is 10.6 Å². The van der Waals surface area contributed by atoms with Crippen LogP contribution in [0.15, 0.2) is 0 Å². The van der Waals surface area contributed by atoms with E-state index in [1.165, 1.54) is 161 Å². The largest absolute Gasteiger partial charge is 0.472 e. The number of nitrogens with one attached hydrogen (secondary N) is 2. The van der Waals surface area contributed by atoms with E-state index in [0.717, 1.165) is 96.3 Å². The van der Waals surface area contributed by atoms with E-state index in [4.69, 9.17) is 28.2 Å². The van der Waals surface area contributed by atoms with E-state index >= 15 is 0 Å². The SMILES string of the molecule is CCCCCCCCCCCCCCCC(=O)OC(CCCCCCCCCCCC(C)C)CC(=O)NC1C(OCC2OC(OP(=O)(O)O)C(NC(=O)CC(O)CCCCCCCCCCCC(C)C)C(OC(=O)CC(O)CCCCCCCCCCCCC)C2O)OC(CO)C(O)C1O. The minimum absolute atomic E-state index is 0.193. The number of aliphatic hydroxyl groups excluding tert-OH is 6. The van der Waals surface area contributed by atoms with Gasteiger partial charge in [0.05, 0.1) is 44.7 Å². The third-order valence-electron chi connectivity index (χ3n) is 19.9. The molecule has 13 unspecified atom stereocenters. The molecule has 2 saturated heterocycles. The molecule has 590 valence electrons. The summed E-state index contributed by atoms with van der Waals surface area (Å²) in [4.78, 5) is 75.7. The molecular weight excluding hydrogens is 1300 g/mol. The van der Waals surface area contributed by atoms with Gasteiger partial charge in [-0.3, -0.25) is 23.7 Å². The van der Waals surface area contributed by atoms with Gasteiger partial charge in [0.15, 0.2) is 18.7 Å². The number of phosphoric ester groups is 1. The maximum absolute atomic E-state index is 14.2. The van der Waals surface area contributed by atoms with Gasteiger partial charge in [-0.1, -0.05) is 311 Å². The molecule has 2 aliphatic rings. The van der Waals surface area contributed by atoms with Gasteiger partial charge in [-0.05, 0) is 43.9 Å². The Kier molecular flexibility index (Phi) is 56.0. The van der Waals surface area contributed by atoms with Crippen molar-refractivity contribution in [1.29, 1.82) is 0 Å². The Morgan fingerprint density at radius 2 is 0.800 bits per heavy atom. The van der Waals surface area contributed by atoms with E-state index in [1.807, 2.05) is 0 Å². The smallest absolute Gasteiger partial charge is 0.462 e. The molecule has 10 N–H and O–H groups in total. The number of hydrogen-bond donors (Lipinski definition) is 10. The van der Waals surface area contributed by atoms with Crippen LogP contribution in [0.4, 0.5) is 0 Å². The molecule has 100 heavy (non-hydrogen) atoms. The zero-order chi connectivity index (χ0) is 73.6. The third-order valence-corrected chi connectivity index (χ3v) is 20.4. The van der Waals surface area contributed by atoms with E-state index < -0.39 is 137 Å². The average Bonchev–Trinajstić information content (AvgIpc) is 0.790. The first-order valence-corrected chi connectivity index (χ1v) is 42.3. The Bertz CT molecular complexity index is 2060. The Balaban J connectivity index is 2.29. The van der Waals surface area contributed by atoms with Gasteiger partial charge >= 0.3 is 19.8 Å². The maximum Gasteiger partial charge on any atom is 0.472 e. The minimum Gasteiger partial charge on any atom is -0.462 e. The molecule has 0 aromatic carbocycles. The van der Waals surface area contributed by atoms with Gasteiger partial charge in [-0.25, -0.2) is 4.57 Å². The summed E-state index contributed by atoms with van der Waals surface area (Å²) in [5.41, 5.74) is 0. The lowest BCUT2D eigenvalue weighted by atomic mass is 9.95. The average molecular weight is 1450 g/mol. The predicted octanol–water partition coefficient (Wildman–Crippen LogP) is 15.4. The van der Waals surface area contributed by atoms with Crippen molar-refractivity contribution in [2.75, 3.05) is 13.2 Å². The molecule has 2 aliphatic heterocycles. The first kappa shape index (κ1) is 93.7. The van der Waals surface area contributed by atoms with Crippen molar-refractivity contribution >= 4 is 31.6 Å². The van der Waals surface area contributed by atoms with Crippen molar-refractivity contribution < 1.29 is 92.4 Å². The normalized spacial score (nSPS) is 22.1. The molecule has 2 amide bonds. The number of rotatable bonds is 66. The van der Waals surface area contributed by atoms with E-state index in [2.05, 4.69) is 52.2 Å². The summed E-state index contributed by atoms with van der Waals surface area (Å²) >= 11 is 0. The summed E-state index contributed by atoms with van der Waals surface area (Å²) in [6.45, 7) is 11.8.